The molecule has 2 amide bonds. The second kappa shape index (κ2) is 8.21. The van der Waals surface area contributed by atoms with E-state index in [1.807, 2.05) is 42.5 Å². The number of nitrogens with zero attached hydrogens (tertiary/aromatic N) is 1. The lowest BCUT2D eigenvalue weighted by Gasteiger charge is -2.38. The lowest BCUT2D eigenvalue weighted by molar-refractivity contribution is -0.138. The van der Waals surface area contributed by atoms with E-state index in [0.29, 0.717) is 24.5 Å². The summed E-state index contributed by atoms with van der Waals surface area (Å²) >= 11 is 0. The first kappa shape index (κ1) is 19.5. The molecule has 0 fully saturated rings. The highest BCUT2D eigenvalue weighted by molar-refractivity contribution is 5.83. The molecule has 0 saturated heterocycles. The lowest BCUT2D eigenvalue weighted by Crippen LogP contribution is -2.50. The molecular formula is C21H24N2O5. The molecule has 1 heterocycles. The molecule has 2 aromatic carbocycles. The summed E-state index contributed by atoms with van der Waals surface area (Å²) < 4.78 is 10.9. The van der Waals surface area contributed by atoms with Crippen LogP contribution in [0.5, 0.6) is 11.5 Å². The number of carboxylic acid groups (broad SMARTS) is 1. The summed E-state index contributed by atoms with van der Waals surface area (Å²) in [7, 11) is 3.17. The first-order chi connectivity index (χ1) is 13.5. The minimum absolute atomic E-state index is 0.356. The molecule has 1 aliphatic rings. The second-order valence-corrected chi connectivity index (χ2v) is 6.67. The van der Waals surface area contributed by atoms with Crippen molar-refractivity contribution in [1.82, 2.24) is 10.2 Å². The highest BCUT2D eigenvalue weighted by Gasteiger charge is 2.34. The molecule has 0 aromatic heterocycles. The predicted molar refractivity (Wildman–Crippen MR) is 104 cm³/mol. The molecule has 0 unspecified atom stereocenters. The van der Waals surface area contributed by atoms with Crippen molar-refractivity contribution in [2.45, 2.75) is 25.4 Å². The number of fused-ring (bicyclic) bond motifs is 1. The molecule has 7 heteroatoms. The van der Waals surface area contributed by atoms with Crippen LogP contribution in [-0.2, 0) is 11.2 Å². The number of benzene rings is 2. The van der Waals surface area contributed by atoms with E-state index in [1.165, 1.54) is 6.92 Å². The van der Waals surface area contributed by atoms with Crippen molar-refractivity contribution in [2.75, 3.05) is 20.8 Å². The number of nitrogens with one attached hydrogen (secondary N) is 1. The second-order valence-electron chi connectivity index (χ2n) is 6.67. The number of aliphatic carboxylic acids is 1. The Bertz CT molecular complexity index is 869. The molecule has 28 heavy (non-hydrogen) atoms. The van der Waals surface area contributed by atoms with Gasteiger partial charge in [0.25, 0.3) is 0 Å². The number of rotatable bonds is 5. The summed E-state index contributed by atoms with van der Waals surface area (Å²) in [6.07, 6.45) is 0.633. The van der Waals surface area contributed by atoms with Crippen LogP contribution in [0.1, 0.15) is 29.7 Å². The number of urea groups is 1. The van der Waals surface area contributed by atoms with Gasteiger partial charge < -0.3 is 24.8 Å². The van der Waals surface area contributed by atoms with Crippen LogP contribution < -0.4 is 14.8 Å². The van der Waals surface area contributed by atoms with Gasteiger partial charge in [-0.2, -0.15) is 0 Å². The molecular weight excluding hydrogens is 360 g/mol. The molecule has 148 valence electrons. The van der Waals surface area contributed by atoms with E-state index >= 15 is 0 Å². The summed E-state index contributed by atoms with van der Waals surface area (Å²) in [4.78, 5) is 25.7. The third kappa shape index (κ3) is 3.74. The normalized spacial score (nSPS) is 16.7. The van der Waals surface area contributed by atoms with Crippen molar-refractivity contribution in [2.24, 2.45) is 0 Å². The third-order valence-corrected chi connectivity index (χ3v) is 4.96. The van der Waals surface area contributed by atoms with Gasteiger partial charge in [0.15, 0.2) is 11.5 Å². The Kier molecular flexibility index (Phi) is 5.73. The molecule has 0 saturated carbocycles. The monoisotopic (exact) mass is 384 g/mol. The Balaban J connectivity index is 2.06. The molecule has 0 bridgehead atoms. The van der Waals surface area contributed by atoms with E-state index in [1.54, 1.807) is 19.1 Å². The Morgan fingerprint density at radius 3 is 2.39 bits per heavy atom. The summed E-state index contributed by atoms with van der Waals surface area (Å²) in [5, 5.41) is 11.7. The van der Waals surface area contributed by atoms with E-state index in [4.69, 9.17) is 14.6 Å². The van der Waals surface area contributed by atoms with Gasteiger partial charge in [-0.1, -0.05) is 30.3 Å². The van der Waals surface area contributed by atoms with Crippen molar-refractivity contribution >= 4 is 12.0 Å². The summed E-state index contributed by atoms with van der Waals surface area (Å²) in [6, 6.07) is 11.8. The fraction of sp³-hybridized carbons (Fsp3) is 0.333. The number of hydrogen-bond donors (Lipinski definition) is 2. The van der Waals surface area contributed by atoms with Gasteiger partial charge in [-0.05, 0) is 42.2 Å². The van der Waals surface area contributed by atoms with Crippen molar-refractivity contribution in [1.29, 1.82) is 0 Å². The standard InChI is InChI=1S/C21H24N2O5/c1-13(20(24)25)22-21(26)23-10-9-15-11-17(27-2)18(28-3)12-16(15)19(23)14-7-5-4-6-8-14/h4-8,11-13,19H,9-10H2,1-3H3,(H,22,26)(H,24,25)/t13-,19+/m0/s1. The zero-order valence-corrected chi connectivity index (χ0v) is 16.1. The first-order valence-electron chi connectivity index (χ1n) is 9.06. The van der Waals surface area contributed by atoms with Crippen LogP contribution in [0.25, 0.3) is 0 Å². The third-order valence-electron chi connectivity index (χ3n) is 4.96. The molecule has 7 nitrogen and oxygen atoms in total. The van der Waals surface area contributed by atoms with Gasteiger partial charge in [0, 0.05) is 6.54 Å². The summed E-state index contributed by atoms with van der Waals surface area (Å²) in [6.45, 7) is 1.91. The zero-order valence-electron chi connectivity index (χ0n) is 16.1. The van der Waals surface area contributed by atoms with Crippen molar-refractivity contribution in [3.63, 3.8) is 0 Å². The number of carbonyl (C=O) groups is 2. The molecule has 0 spiro atoms. The van der Waals surface area contributed by atoms with Gasteiger partial charge in [0.2, 0.25) is 0 Å². The Labute approximate surface area is 163 Å². The van der Waals surface area contributed by atoms with E-state index < -0.39 is 18.0 Å². The molecule has 3 rings (SSSR count). The molecule has 0 aliphatic carbocycles. The Morgan fingerprint density at radius 2 is 1.79 bits per heavy atom. The fourth-order valence-electron chi connectivity index (χ4n) is 3.49. The number of carboxylic acids is 1. The van der Waals surface area contributed by atoms with Crippen LogP contribution in [0.2, 0.25) is 0 Å². The van der Waals surface area contributed by atoms with Crippen molar-refractivity contribution in [3.8, 4) is 11.5 Å². The minimum Gasteiger partial charge on any atom is -0.493 e. The molecule has 2 N–H and O–H groups in total. The van der Waals surface area contributed by atoms with E-state index in [-0.39, 0.29) is 6.04 Å². The number of carbonyl (C=O) groups excluding carboxylic acids is 1. The first-order valence-corrected chi connectivity index (χ1v) is 9.06. The van der Waals surface area contributed by atoms with Crippen LogP contribution >= 0.6 is 0 Å². The van der Waals surface area contributed by atoms with E-state index in [2.05, 4.69) is 5.32 Å². The van der Waals surface area contributed by atoms with Gasteiger partial charge in [0.1, 0.15) is 6.04 Å². The molecule has 0 radical (unpaired) electrons. The van der Waals surface area contributed by atoms with Gasteiger partial charge in [0.05, 0.1) is 20.3 Å². The van der Waals surface area contributed by atoms with Crippen LogP contribution in [0.3, 0.4) is 0 Å². The SMILES string of the molecule is COc1cc2c(cc1OC)[C@@H](c1ccccc1)N(C(=O)N[C@@H](C)C(=O)O)CC2. The Hall–Kier alpha value is -3.22. The maximum atomic E-state index is 12.9. The lowest BCUT2D eigenvalue weighted by atomic mass is 9.88. The molecule has 1 aliphatic heterocycles. The smallest absolute Gasteiger partial charge is 0.325 e. The van der Waals surface area contributed by atoms with Gasteiger partial charge in [-0.3, -0.25) is 4.79 Å². The largest absolute Gasteiger partial charge is 0.493 e. The highest BCUT2D eigenvalue weighted by atomic mass is 16.5. The van der Waals surface area contributed by atoms with Gasteiger partial charge in [-0.25, -0.2) is 4.79 Å². The van der Waals surface area contributed by atoms with Gasteiger partial charge >= 0.3 is 12.0 Å². The fourth-order valence-corrected chi connectivity index (χ4v) is 3.49. The minimum atomic E-state index is -1.08. The van der Waals surface area contributed by atoms with Crippen LogP contribution in [-0.4, -0.2) is 48.8 Å². The summed E-state index contributed by atoms with van der Waals surface area (Å²) in [5.74, 6) is 0.155. The average Bonchev–Trinajstić information content (AvgIpc) is 2.72. The van der Waals surface area contributed by atoms with Crippen LogP contribution in [0.15, 0.2) is 42.5 Å². The van der Waals surface area contributed by atoms with Crippen LogP contribution in [0, 0.1) is 0 Å². The topological polar surface area (TPSA) is 88.1 Å². The number of methoxy groups -OCH3 is 2. The van der Waals surface area contributed by atoms with E-state index in [0.717, 1.165) is 16.7 Å². The van der Waals surface area contributed by atoms with Crippen molar-refractivity contribution in [3.05, 3.63) is 59.2 Å². The molecule has 2 atom stereocenters. The highest BCUT2D eigenvalue weighted by Crippen LogP contribution is 2.40. The van der Waals surface area contributed by atoms with E-state index in [9.17, 15) is 9.59 Å². The van der Waals surface area contributed by atoms with Gasteiger partial charge in [-0.15, -0.1) is 0 Å². The average molecular weight is 384 g/mol. The maximum Gasteiger partial charge on any atom is 0.325 e. The predicted octanol–water partition coefficient (Wildman–Crippen LogP) is 2.83. The molecule has 2 aromatic rings. The number of hydrogen-bond acceptors (Lipinski definition) is 4. The van der Waals surface area contributed by atoms with Crippen LogP contribution in [0.4, 0.5) is 4.79 Å². The number of amides is 2. The quantitative estimate of drug-likeness (QED) is 0.828. The van der Waals surface area contributed by atoms with Crippen molar-refractivity contribution < 1.29 is 24.2 Å². The summed E-state index contributed by atoms with van der Waals surface area (Å²) in [5.41, 5.74) is 2.95. The maximum absolute atomic E-state index is 12.9. The Morgan fingerprint density at radius 1 is 1.14 bits per heavy atom. The number of ether oxygens (including phenoxy) is 2. The zero-order chi connectivity index (χ0) is 20.3.